The van der Waals surface area contributed by atoms with Crippen molar-refractivity contribution >= 4 is 15.9 Å². The predicted molar refractivity (Wildman–Crippen MR) is 104 cm³/mol. The standard InChI is InChI=1S/C20H24N2O6S/c1-21(14-16-3-2-10-26-16)20(23)15-6-8-22(9-7-15)29(24,25)17-4-5-18-19(13-17)28-12-11-27-18/h2-5,10,13,15H,6-9,11-12,14H2,1H3. The lowest BCUT2D eigenvalue weighted by Crippen LogP contribution is -2.43. The van der Waals surface area contributed by atoms with Gasteiger partial charge in [0.05, 0.1) is 17.7 Å². The van der Waals surface area contributed by atoms with E-state index >= 15 is 0 Å². The minimum absolute atomic E-state index is 0.0118. The zero-order valence-electron chi connectivity index (χ0n) is 16.2. The Balaban J connectivity index is 1.39. The Morgan fingerprint density at radius 1 is 1.14 bits per heavy atom. The molecule has 0 unspecified atom stereocenters. The van der Waals surface area contributed by atoms with Crippen LogP contribution in [0.2, 0.25) is 0 Å². The first-order chi connectivity index (χ1) is 13.9. The highest BCUT2D eigenvalue weighted by atomic mass is 32.2. The second-order valence-corrected chi connectivity index (χ2v) is 9.20. The summed E-state index contributed by atoms with van der Waals surface area (Å²) >= 11 is 0. The van der Waals surface area contributed by atoms with Gasteiger partial charge < -0.3 is 18.8 Å². The van der Waals surface area contributed by atoms with Gasteiger partial charge in [-0.1, -0.05) is 0 Å². The Hall–Kier alpha value is -2.52. The number of fused-ring (bicyclic) bond motifs is 1. The Labute approximate surface area is 170 Å². The molecule has 0 saturated carbocycles. The molecule has 3 heterocycles. The Kier molecular flexibility index (Phi) is 5.51. The minimum Gasteiger partial charge on any atom is -0.486 e. The van der Waals surface area contributed by atoms with Crippen LogP contribution in [0.5, 0.6) is 11.5 Å². The maximum atomic E-state index is 13.0. The molecule has 0 aliphatic carbocycles. The predicted octanol–water partition coefficient (Wildman–Crippen LogP) is 2.11. The maximum absolute atomic E-state index is 13.0. The smallest absolute Gasteiger partial charge is 0.243 e. The molecule has 1 saturated heterocycles. The fourth-order valence-corrected chi connectivity index (χ4v) is 5.19. The third kappa shape index (κ3) is 4.11. The molecule has 8 nitrogen and oxygen atoms in total. The van der Waals surface area contributed by atoms with Crippen molar-refractivity contribution in [3.63, 3.8) is 0 Å². The van der Waals surface area contributed by atoms with Crippen molar-refractivity contribution in [2.45, 2.75) is 24.3 Å². The van der Waals surface area contributed by atoms with E-state index in [1.807, 2.05) is 6.07 Å². The van der Waals surface area contributed by atoms with Gasteiger partial charge in [0.2, 0.25) is 15.9 Å². The van der Waals surface area contributed by atoms with Gasteiger partial charge in [-0.25, -0.2) is 8.42 Å². The summed E-state index contributed by atoms with van der Waals surface area (Å²) in [4.78, 5) is 14.5. The number of piperidine rings is 1. The lowest BCUT2D eigenvalue weighted by molar-refractivity contribution is -0.136. The highest BCUT2D eigenvalue weighted by Crippen LogP contribution is 2.34. The van der Waals surface area contributed by atoms with Gasteiger partial charge in [-0.2, -0.15) is 4.31 Å². The van der Waals surface area contributed by atoms with Crippen molar-refractivity contribution < 1.29 is 27.1 Å². The summed E-state index contributed by atoms with van der Waals surface area (Å²) in [6.45, 7) is 1.87. The molecule has 1 fully saturated rings. The van der Waals surface area contributed by atoms with Crippen LogP contribution in [-0.4, -0.2) is 56.9 Å². The average molecular weight is 420 g/mol. The molecule has 0 atom stereocenters. The number of ether oxygens (including phenoxy) is 2. The second-order valence-electron chi connectivity index (χ2n) is 7.26. The lowest BCUT2D eigenvalue weighted by Gasteiger charge is -2.32. The number of rotatable bonds is 5. The number of nitrogens with zero attached hydrogens (tertiary/aromatic N) is 2. The topological polar surface area (TPSA) is 89.3 Å². The first kappa shape index (κ1) is 19.8. The molecule has 2 aromatic rings. The summed E-state index contributed by atoms with van der Waals surface area (Å²) in [7, 11) is -1.91. The van der Waals surface area contributed by atoms with Gasteiger partial charge in [0.25, 0.3) is 0 Å². The van der Waals surface area contributed by atoms with E-state index in [-0.39, 0.29) is 16.7 Å². The number of sulfonamides is 1. The molecule has 29 heavy (non-hydrogen) atoms. The van der Waals surface area contributed by atoms with E-state index in [0.717, 1.165) is 5.76 Å². The number of amides is 1. The lowest BCUT2D eigenvalue weighted by atomic mass is 9.96. The largest absolute Gasteiger partial charge is 0.486 e. The number of carbonyl (C=O) groups is 1. The summed E-state index contributed by atoms with van der Waals surface area (Å²) < 4.78 is 43.7. The Morgan fingerprint density at radius 3 is 2.55 bits per heavy atom. The molecule has 156 valence electrons. The highest BCUT2D eigenvalue weighted by Gasteiger charge is 2.34. The van der Waals surface area contributed by atoms with Crippen molar-refractivity contribution in [3.8, 4) is 11.5 Å². The second kappa shape index (κ2) is 8.08. The molecule has 2 aliphatic rings. The molecule has 0 N–H and O–H groups in total. The number of hydrogen-bond donors (Lipinski definition) is 0. The number of carbonyl (C=O) groups excluding carboxylic acids is 1. The van der Waals surface area contributed by atoms with Crippen LogP contribution in [0, 0.1) is 5.92 Å². The third-order valence-corrected chi connectivity index (χ3v) is 7.20. The molecule has 1 aromatic carbocycles. The van der Waals surface area contributed by atoms with Gasteiger partial charge in [-0.15, -0.1) is 0 Å². The zero-order valence-corrected chi connectivity index (χ0v) is 17.1. The van der Waals surface area contributed by atoms with E-state index in [9.17, 15) is 13.2 Å². The van der Waals surface area contributed by atoms with Crippen molar-refractivity contribution in [1.82, 2.24) is 9.21 Å². The van der Waals surface area contributed by atoms with E-state index in [2.05, 4.69) is 0 Å². The van der Waals surface area contributed by atoms with E-state index in [1.54, 1.807) is 30.3 Å². The maximum Gasteiger partial charge on any atom is 0.243 e. The molecule has 2 aliphatic heterocycles. The molecule has 0 bridgehead atoms. The normalized spacial score (nSPS) is 17.8. The monoisotopic (exact) mass is 420 g/mol. The first-order valence-corrected chi connectivity index (χ1v) is 11.1. The molecular formula is C20H24N2O6S. The minimum atomic E-state index is -3.65. The van der Waals surface area contributed by atoms with E-state index in [1.165, 1.54) is 16.4 Å². The summed E-state index contributed by atoms with van der Waals surface area (Å²) in [6, 6.07) is 8.29. The van der Waals surface area contributed by atoms with Crippen LogP contribution in [0.3, 0.4) is 0 Å². The fraction of sp³-hybridized carbons (Fsp3) is 0.450. The van der Waals surface area contributed by atoms with E-state index in [4.69, 9.17) is 13.9 Å². The third-order valence-electron chi connectivity index (χ3n) is 5.30. The zero-order chi connectivity index (χ0) is 20.4. The van der Waals surface area contributed by atoms with Gasteiger partial charge in [-0.3, -0.25) is 4.79 Å². The van der Waals surface area contributed by atoms with Crippen molar-refractivity contribution in [2.75, 3.05) is 33.4 Å². The van der Waals surface area contributed by atoms with E-state index < -0.39 is 10.0 Å². The van der Waals surface area contributed by atoms with E-state index in [0.29, 0.717) is 57.2 Å². The SMILES string of the molecule is CN(Cc1ccco1)C(=O)C1CCN(S(=O)(=O)c2ccc3c(c2)OCCO3)CC1. The molecule has 1 amide bonds. The van der Waals surface area contributed by atoms with Gasteiger partial charge in [0.15, 0.2) is 11.5 Å². The quantitative estimate of drug-likeness (QED) is 0.736. The average Bonchev–Trinajstić information content (AvgIpc) is 3.26. The number of benzene rings is 1. The van der Waals surface area contributed by atoms with Gasteiger partial charge >= 0.3 is 0 Å². The Morgan fingerprint density at radius 2 is 1.86 bits per heavy atom. The van der Waals surface area contributed by atoms with Crippen LogP contribution >= 0.6 is 0 Å². The molecule has 4 rings (SSSR count). The van der Waals surface area contributed by atoms with Crippen LogP contribution in [0.15, 0.2) is 45.9 Å². The van der Waals surface area contributed by atoms with Crippen LogP contribution < -0.4 is 9.47 Å². The van der Waals surface area contributed by atoms with Crippen LogP contribution in [0.4, 0.5) is 0 Å². The highest BCUT2D eigenvalue weighted by molar-refractivity contribution is 7.89. The molecule has 0 spiro atoms. The molecule has 0 radical (unpaired) electrons. The first-order valence-electron chi connectivity index (χ1n) is 9.62. The summed E-state index contributed by atoms with van der Waals surface area (Å²) in [5, 5.41) is 0. The van der Waals surface area contributed by atoms with Crippen LogP contribution in [0.25, 0.3) is 0 Å². The molecule has 1 aromatic heterocycles. The van der Waals surface area contributed by atoms with Gasteiger partial charge in [0, 0.05) is 32.1 Å². The number of furan rings is 1. The summed E-state index contributed by atoms with van der Waals surface area (Å²) in [5.41, 5.74) is 0. The summed E-state index contributed by atoms with van der Waals surface area (Å²) in [6.07, 6.45) is 2.56. The van der Waals surface area contributed by atoms with Crippen LogP contribution in [0.1, 0.15) is 18.6 Å². The van der Waals surface area contributed by atoms with Crippen molar-refractivity contribution in [3.05, 3.63) is 42.4 Å². The van der Waals surface area contributed by atoms with Gasteiger partial charge in [-0.05, 0) is 37.1 Å². The van der Waals surface area contributed by atoms with Gasteiger partial charge in [0.1, 0.15) is 19.0 Å². The summed E-state index contributed by atoms with van der Waals surface area (Å²) in [5.74, 6) is 1.54. The number of hydrogen-bond acceptors (Lipinski definition) is 6. The van der Waals surface area contributed by atoms with Crippen molar-refractivity contribution in [2.24, 2.45) is 5.92 Å². The van der Waals surface area contributed by atoms with Crippen LogP contribution in [-0.2, 0) is 21.4 Å². The fourth-order valence-electron chi connectivity index (χ4n) is 3.70. The molecule has 9 heteroatoms. The molecular weight excluding hydrogens is 396 g/mol. The Bertz CT molecular complexity index is 965. The van der Waals surface area contributed by atoms with Crippen molar-refractivity contribution in [1.29, 1.82) is 0 Å².